The Kier molecular flexibility index (Phi) is 7.22. The summed E-state index contributed by atoms with van der Waals surface area (Å²) in [6.45, 7) is 10.2. The number of halogens is 1. The summed E-state index contributed by atoms with van der Waals surface area (Å²) in [5.41, 5.74) is 0.281. The molecular weight excluding hydrogens is 444 g/mol. The molecule has 1 aromatic heterocycles. The number of sulfone groups is 1. The summed E-state index contributed by atoms with van der Waals surface area (Å²) in [4.78, 5) is 25.3. The number of ether oxygens (including phenoxy) is 2. The lowest BCUT2D eigenvalue weighted by molar-refractivity contribution is -0.159. The first-order chi connectivity index (χ1) is 14.2. The van der Waals surface area contributed by atoms with Crippen molar-refractivity contribution in [3.05, 3.63) is 39.5 Å². The molecule has 1 heterocycles. The number of hydrogen-bond acceptors (Lipinski definition) is 7. The van der Waals surface area contributed by atoms with E-state index in [0.717, 1.165) is 6.26 Å². The molecule has 0 spiro atoms. The highest BCUT2D eigenvalue weighted by atomic mass is 35.5. The largest absolute Gasteiger partial charge is 0.440 e. The Balaban J connectivity index is 2.43. The van der Waals surface area contributed by atoms with Crippen molar-refractivity contribution < 1.29 is 27.5 Å². The zero-order chi connectivity index (χ0) is 23.7. The fourth-order valence-corrected chi connectivity index (χ4v) is 4.68. The number of benzene rings is 1. The number of carbonyl (C=O) groups excluding carboxylic acids is 2. The minimum Gasteiger partial charge on any atom is -0.440 e. The Hall–Kier alpha value is -2.39. The molecule has 0 unspecified atom stereocenters. The molecule has 31 heavy (non-hydrogen) atoms. The molecule has 0 saturated heterocycles. The highest BCUT2D eigenvalue weighted by molar-refractivity contribution is 7.90. The van der Waals surface area contributed by atoms with Gasteiger partial charge in [-0.25, -0.2) is 13.1 Å². The summed E-state index contributed by atoms with van der Waals surface area (Å²) in [5.74, 6) is -0.797. The van der Waals surface area contributed by atoms with Crippen molar-refractivity contribution in [1.29, 1.82) is 0 Å². The number of nitrogens with zero attached hydrogens (tertiary/aromatic N) is 2. The van der Waals surface area contributed by atoms with Crippen LogP contribution >= 0.6 is 11.6 Å². The quantitative estimate of drug-likeness (QED) is 0.345. The summed E-state index contributed by atoms with van der Waals surface area (Å²) in [6.07, 6.45) is 2.44. The van der Waals surface area contributed by atoms with E-state index in [4.69, 9.17) is 21.1 Å². The number of ketones is 1. The molecular formula is C21H27ClN2O6S. The predicted molar refractivity (Wildman–Crippen MR) is 116 cm³/mol. The summed E-state index contributed by atoms with van der Waals surface area (Å²) in [7, 11) is -3.52. The van der Waals surface area contributed by atoms with Crippen molar-refractivity contribution >= 4 is 33.2 Å². The average molecular weight is 471 g/mol. The highest BCUT2D eigenvalue weighted by Gasteiger charge is 2.27. The standard InChI is InChI=1S/C21H27ClN2O6S/c1-8-24-19(29-11-30-20(26)21(4,5)6)15(10-23-24)17(25)14-9-12(2)18(31(7,27)28)13(3)16(14)22/h9-10H,8,11H2,1-7H3. The third-order valence-corrected chi connectivity index (χ3v) is 6.43. The van der Waals surface area contributed by atoms with Crippen LogP contribution in [0.15, 0.2) is 17.2 Å². The van der Waals surface area contributed by atoms with Crippen LogP contribution in [0.25, 0.3) is 0 Å². The molecule has 2 aromatic rings. The van der Waals surface area contributed by atoms with E-state index >= 15 is 0 Å². The first-order valence-corrected chi connectivity index (χ1v) is 11.9. The van der Waals surface area contributed by atoms with Gasteiger partial charge in [0.2, 0.25) is 18.5 Å². The van der Waals surface area contributed by atoms with Gasteiger partial charge in [0.15, 0.2) is 9.84 Å². The molecule has 0 aliphatic rings. The van der Waals surface area contributed by atoms with Crippen molar-refractivity contribution in [2.45, 2.75) is 53.0 Å². The monoisotopic (exact) mass is 470 g/mol. The number of hydrogen-bond donors (Lipinski definition) is 0. The molecule has 0 saturated carbocycles. The van der Waals surface area contributed by atoms with E-state index in [1.807, 2.05) is 6.92 Å². The molecule has 0 amide bonds. The average Bonchev–Trinajstić information content (AvgIpc) is 3.05. The van der Waals surface area contributed by atoms with Gasteiger partial charge in [-0.05, 0) is 58.7 Å². The lowest BCUT2D eigenvalue weighted by atomic mass is 9.98. The number of aromatic nitrogens is 2. The predicted octanol–water partition coefficient (Wildman–Crippen LogP) is 3.73. The van der Waals surface area contributed by atoms with Gasteiger partial charge in [-0.1, -0.05) is 11.6 Å². The van der Waals surface area contributed by atoms with Crippen LogP contribution in [0.5, 0.6) is 5.88 Å². The highest BCUT2D eigenvalue weighted by Crippen LogP contribution is 2.33. The molecule has 10 heteroatoms. The Morgan fingerprint density at radius 1 is 1.19 bits per heavy atom. The van der Waals surface area contributed by atoms with Gasteiger partial charge in [0.1, 0.15) is 5.56 Å². The van der Waals surface area contributed by atoms with Gasteiger partial charge in [-0.2, -0.15) is 5.10 Å². The Bertz CT molecular complexity index is 1130. The van der Waals surface area contributed by atoms with Gasteiger partial charge in [0.05, 0.1) is 21.5 Å². The van der Waals surface area contributed by atoms with Crippen LogP contribution in [0.1, 0.15) is 54.7 Å². The van der Waals surface area contributed by atoms with Crippen molar-refractivity contribution in [3.63, 3.8) is 0 Å². The molecule has 0 atom stereocenters. The fraction of sp³-hybridized carbons (Fsp3) is 0.476. The normalized spacial score (nSPS) is 12.0. The van der Waals surface area contributed by atoms with Crippen LogP contribution in [0.4, 0.5) is 0 Å². The Morgan fingerprint density at radius 3 is 2.32 bits per heavy atom. The Morgan fingerprint density at radius 2 is 1.81 bits per heavy atom. The van der Waals surface area contributed by atoms with Crippen LogP contribution in [-0.4, -0.2) is 43.0 Å². The van der Waals surface area contributed by atoms with E-state index in [-0.39, 0.29) is 33.7 Å². The first-order valence-electron chi connectivity index (χ1n) is 9.60. The minimum absolute atomic E-state index is 0.0467. The number of esters is 1. The number of aryl methyl sites for hydroxylation is 2. The van der Waals surface area contributed by atoms with Crippen molar-refractivity contribution in [3.8, 4) is 5.88 Å². The lowest BCUT2D eigenvalue weighted by Gasteiger charge is -2.17. The molecule has 0 bridgehead atoms. The maximum atomic E-state index is 13.3. The SMILES string of the molecule is CCn1ncc(C(=O)c2cc(C)c(S(C)(=O)=O)c(C)c2Cl)c1OCOC(=O)C(C)(C)C. The summed E-state index contributed by atoms with van der Waals surface area (Å²) >= 11 is 6.39. The second-order valence-corrected chi connectivity index (χ2v) is 10.6. The second kappa shape index (κ2) is 9.00. The maximum Gasteiger partial charge on any atom is 0.314 e. The van der Waals surface area contributed by atoms with Gasteiger partial charge in [0, 0.05) is 18.4 Å². The van der Waals surface area contributed by atoms with E-state index in [1.54, 1.807) is 34.6 Å². The zero-order valence-corrected chi connectivity index (χ0v) is 20.3. The molecule has 0 N–H and O–H groups in total. The first kappa shape index (κ1) is 24.9. The summed E-state index contributed by atoms with van der Waals surface area (Å²) < 4.78 is 36.4. The fourth-order valence-electron chi connectivity index (χ4n) is 3.09. The topological polar surface area (TPSA) is 105 Å². The molecule has 1 aromatic carbocycles. The van der Waals surface area contributed by atoms with E-state index in [9.17, 15) is 18.0 Å². The van der Waals surface area contributed by atoms with Crippen LogP contribution in [0.3, 0.4) is 0 Å². The van der Waals surface area contributed by atoms with Gasteiger partial charge < -0.3 is 9.47 Å². The smallest absolute Gasteiger partial charge is 0.314 e. The van der Waals surface area contributed by atoms with Crippen molar-refractivity contribution in [2.24, 2.45) is 5.41 Å². The maximum absolute atomic E-state index is 13.3. The van der Waals surface area contributed by atoms with E-state index in [1.165, 1.54) is 16.9 Å². The molecule has 8 nitrogen and oxygen atoms in total. The van der Waals surface area contributed by atoms with Gasteiger partial charge in [-0.15, -0.1) is 0 Å². The third kappa shape index (κ3) is 5.27. The van der Waals surface area contributed by atoms with Gasteiger partial charge in [0.25, 0.3) is 0 Å². The van der Waals surface area contributed by atoms with E-state index < -0.39 is 27.0 Å². The minimum atomic E-state index is -3.52. The van der Waals surface area contributed by atoms with Gasteiger partial charge >= 0.3 is 5.97 Å². The second-order valence-electron chi connectivity index (χ2n) is 8.23. The van der Waals surface area contributed by atoms with Crippen molar-refractivity contribution in [1.82, 2.24) is 9.78 Å². The molecule has 0 aliphatic heterocycles. The molecule has 0 radical (unpaired) electrons. The third-order valence-electron chi connectivity index (χ3n) is 4.57. The van der Waals surface area contributed by atoms with Crippen LogP contribution in [-0.2, 0) is 25.9 Å². The van der Waals surface area contributed by atoms with E-state index in [2.05, 4.69) is 5.10 Å². The molecule has 2 rings (SSSR count). The molecule has 170 valence electrons. The van der Waals surface area contributed by atoms with Crippen molar-refractivity contribution in [2.75, 3.05) is 13.0 Å². The van der Waals surface area contributed by atoms with Gasteiger partial charge in [-0.3, -0.25) is 9.59 Å². The Labute approximate surface area is 187 Å². The molecule has 0 aliphatic carbocycles. The number of rotatable bonds is 7. The number of carbonyl (C=O) groups is 2. The van der Waals surface area contributed by atoms with Crippen LogP contribution < -0.4 is 4.74 Å². The summed E-state index contributed by atoms with van der Waals surface area (Å²) in [6, 6.07) is 1.45. The van der Waals surface area contributed by atoms with E-state index in [0.29, 0.717) is 17.7 Å². The van der Waals surface area contributed by atoms with Crippen LogP contribution in [0, 0.1) is 19.3 Å². The lowest BCUT2D eigenvalue weighted by Crippen LogP contribution is -2.25. The zero-order valence-electron chi connectivity index (χ0n) is 18.7. The summed E-state index contributed by atoms with van der Waals surface area (Å²) in [5, 5.41) is 4.20. The van der Waals surface area contributed by atoms with Crippen LogP contribution in [0.2, 0.25) is 5.02 Å². The molecule has 0 fully saturated rings.